The van der Waals surface area contributed by atoms with Gasteiger partial charge in [0.05, 0.1) is 0 Å². The summed E-state index contributed by atoms with van der Waals surface area (Å²) in [5.41, 5.74) is 5.88. The Morgan fingerprint density at radius 2 is 2.09 bits per heavy atom. The van der Waals surface area contributed by atoms with Gasteiger partial charge < -0.3 is 5.73 Å². The van der Waals surface area contributed by atoms with Crippen LogP contribution in [0, 0.1) is 5.92 Å². The van der Waals surface area contributed by atoms with Crippen LogP contribution in [0.5, 0.6) is 0 Å². The molecule has 0 aliphatic heterocycles. The van der Waals surface area contributed by atoms with Gasteiger partial charge in [0.25, 0.3) is 0 Å². The minimum atomic E-state index is 0.398. The second-order valence-corrected chi connectivity index (χ2v) is 3.61. The van der Waals surface area contributed by atoms with Crippen molar-refractivity contribution in [1.82, 2.24) is 0 Å². The predicted octanol–water partition coefficient (Wildman–Crippen LogP) is 2.72. The fourth-order valence-corrected chi connectivity index (χ4v) is 1.25. The van der Waals surface area contributed by atoms with Crippen molar-refractivity contribution in [3.63, 3.8) is 0 Å². The molecule has 0 radical (unpaired) electrons. The van der Waals surface area contributed by atoms with Gasteiger partial charge in [0.15, 0.2) is 0 Å². The largest absolute Gasteiger partial charge is 0.328 e. The lowest BCUT2D eigenvalue weighted by Crippen LogP contribution is -2.21. The summed E-state index contributed by atoms with van der Waals surface area (Å²) in [6, 6.07) is 0.398. The van der Waals surface area contributed by atoms with Crippen LogP contribution >= 0.6 is 0 Å². The van der Waals surface area contributed by atoms with Gasteiger partial charge in [0.2, 0.25) is 0 Å². The summed E-state index contributed by atoms with van der Waals surface area (Å²) in [6.07, 6.45) is 6.55. The van der Waals surface area contributed by atoms with Crippen LogP contribution in [0.25, 0.3) is 0 Å². The van der Waals surface area contributed by atoms with Crippen molar-refractivity contribution < 1.29 is 0 Å². The predicted molar refractivity (Wildman–Crippen MR) is 51.5 cm³/mol. The lowest BCUT2D eigenvalue weighted by molar-refractivity contribution is 0.464. The minimum Gasteiger partial charge on any atom is -0.328 e. The molecule has 66 valence electrons. The fraction of sp³-hybridized carbons (Fsp3) is 0.800. The Kier molecular flexibility index (Phi) is 6.24. The molecule has 1 unspecified atom stereocenters. The molecule has 0 aliphatic rings. The molecule has 0 saturated carbocycles. The molecule has 0 rings (SSSR count). The molecule has 0 saturated heterocycles. The molecule has 0 spiro atoms. The average molecular weight is 155 g/mol. The van der Waals surface area contributed by atoms with E-state index in [1.807, 2.05) is 6.08 Å². The molecule has 1 atom stereocenters. The van der Waals surface area contributed by atoms with Gasteiger partial charge in [-0.25, -0.2) is 0 Å². The Morgan fingerprint density at radius 3 is 2.55 bits per heavy atom. The van der Waals surface area contributed by atoms with E-state index < -0.39 is 0 Å². The second kappa shape index (κ2) is 6.41. The fourth-order valence-electron chi connectivity index (χ4n) is 1.25. The van der Waals surface area contributed by atoms with E-state index >= 15 is 0 Å². The maximum Gasteiger partial charge on any atom is 0.00413 e. The molecule has 0 aromatic carbocycles. The van der Waals surface area contributed by atoms with Gasteiger partial charge in [-0.1, -0.05) is 19.9 Å². The standard InChI is InChI=1S/C10H21N/c1-4-5-6-7-10(11)8-9(2)3/h4,9-10H,1,5-8,11H2,2-3H3. The van der Waals surface area contributed by atoms with E-state index in [4.69, 9.17) is 5.73 Å². The summed E-state index contributed by atoms with van der Waals surface area (Å²) >= 11 is 0. The van der Waals surface area contributed by atoms with E-state index in [0.29, 0.717) is 6.04 Å². The zero-order chi connectivity index (χ0) is 8.69. The van der Waals surface area contributed by atoms with Crippen LogP contribution in [-0.2, 0) is 0 Å². The zero-order valence-electron chi connectivity index (χ0n) is 7.84. The van der Waals surface area contributed by atoms with Crippen LogP contribution in [0.4, 0.5) is 0 Å². The first-order chi connectivity index (χ1) is 5.16. The van der Waals surface area contributed by atoms with E-state index in [-0.39, 0.29) is 0 Å². The molecule has 11 heavy (non-hydrogen) atoms. The normalized spacial score (nSPS) is 13.5. The van der Waals surface area contributed by atoms with Crippen molar-refractivity contribution in [3.05, 3.63) is 12.7 Å². The third-order valence-electron chi connectivity index (χ3n) is 1.76. The number of unbranched alkanes of at least 4 members (excludes halogenated alkanes) is 1. The van der Waals surface area contributed by atoms with Crippen LogP contribution in [0.1, 0.15) is 39.5 Å². The Balaban J connectivity index is 3.21. The molecule has 0 aliphatic carbocycles. The Morgan fingerprint density at radius 1 is 1.45 bits per heavy atom. The van der Waals surface area contributed by atoms with Crippen LogP contribution < -0.4 is 5.73 Å². The van der Waals surface area contributed by atoms with E-state index in [1.54, 1.807) is 0 Å². The third kappa shape index (κ3) is 7.60. The van der Waals surface area contributed by atoms with Gasteiger partial charge in [-0.2, -0.15) is 0 Å². The molecule has 0 amide bonds. The summed E-state index contributed by atoms with van der Waals surface area (Å²) in [5, 5.41) is 0. The van der Waals surface area contributed by atoms with Crippen LogP contribution in [-0.4, -0.2) is 6.04 Å². The van der Waals surface area contributed by atoms with E-state index in [2.05, 4.69) is 20.4 Å². The summed E-state index contributed by atoms with van der Waals surface area (Å²) in [4.78, 5) is 0. The van der Waals surface area contributed by atoms with Crippen molar-refractivity contribution in [2.24, 2.45) is 11.7 Å². The minimum absolute atomic E-state index is 0.398. The van der Waals surface area contributed by atoms with Crippen molar-refractivity contribution in [1.29, 1.82) is 0 Å². The topological polar surface area (TPSA) is 26.0 Å². The van der Waals surface area contributed by atoms with Gasteiger partial charge in [-0.15, -0.1) is 6.58 Å². The first-order valence-corrected chi connectivity index (χ1v) is 4.53. The second-order valence-electron chi connectivity index (χ2n) is 3.61. The molecule has 0 bridgehead atoms. The molecule has 0 aromatic heterocycles. The van der Waals surface area contributed by atoms with E-state index in [1.165, 1.54) is 6.42 Å². The Bertz CT molecular complexity index is 97.0. The summed E-state index contributed by atoms with van der Waals surface area (Å²) < 4.78 is 0. The third-order valence-corrected chi connectivity index (χ3v) is 1.76. The Hall–Kier alpha value is -0.300. The smallest absolute Gasteiger partial charge is 0.00413 e. The molecule has 2 N–H and O–H groups in total. The first kappa shape index (κ1) is 10.7. The summed E-state index contributed by atoms with van der Waals surface area (Å²) in [5.74, 6) is 0.730. The number of rotatable bonds is 6. The van der Waals surface area contributed by atoms with Gasteiger partial charge in [0.1, 0.15) is 0 Å². The highest BCUT2D eigenvalue weighted by molar-refractivity contribution is 4.69. The monoisotopic (exact) mass is 155 g/mol. The maximum absolute atomic E-state index is 5.88. The average Bonchev–Trinajstić information content (AvgIpc) is 1.86. The first-order valence-electron chi connectivity index (χ1n) is 4.53. The van der Waals surface area contributed by atoms with Gasteiger partial charge in [-0.3, -0.25) is 0 Å². The van der Waals surface area contributed by atoms with Crippen LogP contribution in [0.3, 0.4) is 0 Å². The highest BCUT2D eigenvalue weighted by Gasteiger charge is 2.03. The maximum atomic E-state index is 5.88. The lowest BCUT2D eigenvalue weighted by Gasteiger charge is -2.12. The highest BCUT2D eigenvalue weighted by Crippen LogP contribution is 2.08. The van der Waals surface area contributed by atoms with Crippen LogP contribution in [0.15, 0.2) is 12.7 Å². The number of hydrogen-bond acceptors (Lipinski definition) is 1. The Labute approximate surface area is 70.7 Å². The SMILES string of the molecule is C=CCCCC(N)CC(C)C. The van der Waals surface area contributed by atoms with Crippen molar-refractivity contribution >= 4 is 0 Å². The van der Waals surface area contributed by atoms with E-state index in [9.17, 15) is 0 Å². The highest BCUT2D eigenvalue weighted by atomic mass is 14.6. The van der Waals surface area contributed by atoms with Crippen molar-refractivity contribution in [2.45, 2.75) is 45.6 Å². The molecule has 1 nitrogen and oxygen atoms in total. The quantitative estimate of drug-likeness (QED) is 0.463. The van der Waals surface area contributed by atoms with Crippen molar-refractivity contribution in [2.75, 3.05) is 0 Å². The molecule has 1 heteroatoms. The molecular formula is C10H21N. The number of hydrogen-bond donors (Lipinski definition) is 1. The van der Waals surface area contributed by atoms with E-state index in [0.717, 1.165) is 25.2 Å². The van der Waals surface area contributed by atoms with Crippen LogP contribution in [0.2, 0.25) is 0 Å². The molecule has 0 aromatic rings. The van der Waals surface area contributed by atoms with Crippen molar-refractivity contribution in [3.8, 4) is 0 Å². The number of nitrogens with two attached hydrogens (primary N) is 1. The molecule has 0 fully saturated rings. The van der Waals surface area contributed by atoms with Gasteiger partial charge >= 0.3 is 0 Å². The summed E-state index contributed by atoms with van der Waals surface area (Å²) in [7, 11) is 0. The summed E-state index contributed by atoms with van der Waals surface area (Å²) in [6.45, 7) is 8.11. The number of allylic oxidation sites excluding steroid dienone is 1. The van der Waals surface area contributed by atoms with Gasteiger partial charge in [0, 0.05) is 6.04 Å². The zero-order valence-corrected chi connectivity index (χ0v) is 7.84. The molecular weight excluding hydrogens is 134 g/mol. The lowest BCUT2D eigenvalue weighted by atomic mass is 10.00. The molecule has 0 heterocycles. The van der Waals surface area contributed by atoms with Gasteiger partial charge in [-0.05, 0) is 31.6 Å².